The molecule has 0 unspecified atom stereocenters. The molecule has 0 bridgehead atoms. The highest BCUT2D eigenvalue weighted by Crippen LogP contribution is 2.29. The number of carbonyl (C=O) groups is 3. The molecule has 1 aromatic heterocycles. The second-order valence-electron chi connectivity index (χ2n) is 6.57. The quantitative estimate of drug-likeness (QED) is 0.422. The lowest BCUT2D eigenvalue weighted by molar-refractivity contribution is -0.125. The summed E-state index contributed by atoms with van der Waals surface area (Å²) in [4.78, 5) is 36.5. The number of esters is 1. The van der Waals surface area contributed by atoms with E-state index in [1.165, 1.54) is 33.5 Å². The van der Waals surface area contributed by atoms with Gasteiger partial charge in [0, 0.05) is 16.5 Å². The van der Waals surface area contributed by atoms with Crippen LogP contribution in [0.4, 0.5) is 0 Å². The number of fused-ring (bicyclic) bond motifs is 1. The number of rotatable bonds is 7. The highest BCUT2D eigenvalue weighted by atomic mass is 16.5. The predicted octanol–water partition coefficient (Wildman–Crippen LogP) is 2.39. The molecule has 0 fully saturated rings. The summed E-state index contributed by atoms with van der Waals surface area (Å²) < 4.78 is 26.0. The molecule has 10 heteroatoms. The van der Waals surface area contributed by atoms with Crippen molar-refractivity contribution in [3.63, 3.8) is 0 Å². The van der Waals surface area contributed by atoms with Crippen molar-refractivity contribution in [2.24, 2.45) is 0 Å². The number of aryl methyl sites for hydroxylation is 1. The van der Waals surface area contributed by atoms with Crippen LogP contribution in [0.1, 0.15) is 26.5 Å². The highest BCUT2D eigenvalue weighted by molar-refractivity contribution is 5.98. The van der Waals surface area contributed by atoms with E-state index in [2.05, 4.69) is 10.9 Å². The van der Waals surface area contributed by atoms with Crippen LogP contribution in [0.5, 0.6) is 17.2 Å². The molecular weight excluding hydrogens is 420 g/mol. The van der Waals surface area contributed by atoms with Gasteiger partial charge in [-0.1, -0.05) is 0 Å². The minimum absolute atomic E-state index is 0.0181. The zero-order valence-corrected chi connectivity index (χ0v) is 17.9. The molecule has 168 valence electrons. The van der Waals surface area contributed by atoms with Gasteiger partial charge in [0.2, 0.25) is 5.76 Å². The van der Waals surface area contributed by atoms with Crippen molar-refractivity contribution in [1.29, 1.82) is 0 Å². The van der Waals surface area contributed by atoms with E-state index in [1.54, 1.807) is 31.2 Å². The van der Waals surface area contributed by atoms with Crippen molar-refractivity contribution >= 4 is 28.8 Å². The number of hydrazine groups is 1. The smallest absolute Gasteiger partial charge is 0.375 e. The summed E-state index contributed by atoms with van der Waals surface area (Å²) in [7, 11) is 4.45. The van der Waals surface area contributed by atoms with Gasteiger partial charge in [0.15, 0.2) is 18.1 Å². The van der Waals surface area contributed by atoms with E-state index in [1.807, 2.05) is 0 Å². The lowest BCUT2D eigenvalue weighted by Crippen LogP contribution is -2.43. The van der Waals surface area contributed by atoms with Crippen molar-refractivity contribution in [2.45, 2.75) is 6.92 Å². The average Bonchev–Trinajstić information content (AvgIpc) is 3.16. The molecule has 1 heterocycles. The van der Waals surface area contributed by atoms with E-state index >= 15 is 0 Å². The maximum absolute atomic E-state index is 12.3. The van der Waals surface area contributed by atoms with Gasteiger partial charge >= 0.3 is 5.97 Å². The van der Waals surface area contributed by atoms with E-state index in [-0.39, 0.29) is 11.3 Å². The first-order chi connectivity index (χ1) is 15.4. The van der Waals surface area contributed by atoms with Crippen LogP contribution in [0.15, 0.2) is 40.8 Å². The fraction of sp³-hybridized carbons (Fsp3) is 0.227. The van der Waals surface area contributed by atoms with E-state index < -0.39 is 24.4 Å². The monoisotopic (exact) mass is 442 g/mol. The number of furan rings is 1. The third-order valence-corrected chi connectivity index (χ3v) is 4.62. The summed E-state index contributed by atoms with van der Waals surface area (Å²) in [5, 5.41) is 0.697. The molecule has 0 aliphatic rings. The Bertz CT molecular complexity index is 1170. The van der Waals surface area contributed by atoms with Crippen LogP contribution in [0.3, 0.4) is 0 Å². The molecule has 2 N–H and O–H groups in total. The first kappa shape index (κ1) is 22.5. The van der Waals surface area contributed by atoms with Gasteiger partial charge in [-0.05, 0) is 43.3 Å². The number of nitrogens with one attached hydrogen (secondary N) is 2. The Labute approximate surface area is 183 Å². The Morgan fingerprint density at radius 2 is 1.66 bits per heavy atom. The van der Waals surface area contributed by atoms with Crippen molar-refractivity contribution in [2.75, 3.05) is 27.9 Å². The van der Waals surface area contributed by atoms with Crippen molar-refractivity contribution in [3.8, 4) is 17.2 Å². The normalized spacial score (nSPS) is 10.4. The number of methoxy groups -OCH3 is 3. The summed E-state index contributed by atoms with van der Waals surface area (Å²) in [6.45, 7) is 1.08. The number of amides is 2. The third-order valence-electron chi connectivity index (χ3n) is 4.62. The summed E-state index contributed by atoms with van der Waals surface area (Å²) in [6.07, 6.45) is 0. The van der Waals surface area contributed by atoms with Crippen LogP contribution >= 0.6 is 0 Å². The van der Waals surface area contributed by atoms with Crippen LogP contribution < -0.4 is 25.1 Å². The second kappa shape index (κ2) is 9.73. The Morgan fingerprint density at radius 1 is 0.906 bits per heavy atom. The van der Waals surface area contributed by atoms with Crippen LogP contribution in [-0.2, 0) is 9.53 Å². The van der Waals surface area contributed by atoms with E-state index in [9.17, 15) is 14.4 Å². The lowest BCUT2D eigenvalue weighted by Gasteiger charge is -2.10. The summed E-state index contributed by atoms with van der Waals surface area (Å²) in [5.74, 6) is -0.714. The van der Waals surface area contributed by atoms with E-state index in [0.717, 1.165) is 0 Å². The average molecular weight is 442 g/mol. The standard InChI is InChI=1S/C22H22N2O8/c1-12-15-10-14(28-2)6-8-16(15)32-20(12)22(27)31-11-19(25)23-24-21(26)13-5-7-17(29-3)18(9-13)30-4/h5-10H,11H2,1-4H3,(H,23,25)(H,24,26). The zero-order valence-electron chi connectivity index (χ0n) is 17.9. The molecule has 2 amide bonds. The molecule has 0 atom stereocenters. The fourth-order valence-corrected chi connectivity index (χ4v) is 2.93. The highest BCUT2D eigenvalue weighted by Gasteiger charge is 2.21. The topological polar surface area (TPSA) is 125 Å². The van der Waals surface area contributed by atoms with Crippen LogP contribution in [0.25, 0.3) is 11.0 Å². The molecule has 3 rings (SSSR count). The molecule has 0 radical (unpaired) electrons. The minimum Gasteiger partial charge on any atom is -0.497 e. The van der Waals surface area contributed by atoms with Gasteiger partial charge in [0.05, 0.1) is 21.3 Å². The Kier molecular flexibility index (Phi) is 6.83. The lowest BCUT2D eigenvalue weighted by atomic mass is 10.1. The first-order valence-electron chi connectivity index (χ1n) is 9.43. The maximum Gasteiger partial charge on any atom is 0.375 e. The molecule has 32 heavy (non-hydrogen) atoms. The van der Waals surface area contributed by atoms with Gasteiger partial charge in [-0.2, -0.15) is 0 Å². The number of hydrogen-bond donors (Lipinski definition) is 2. The Morgan fingerprint density at radius 3 is 2.34 bits per heavy atom. The van der Waals surface area contributed by atoms with Crippen molar-refractivity contribution in [3.05, 3.63) is 53.3 Å². The molecule has 10 nitrogen and oxygen atoms in total. The van der Waals surface area contributed by atoms with Gasteiger partial charge in [-0.3, -0.25) is 20.4 Å². The zero-order chi connectivity index (χ0) is 23.3. The number of hydrogen-bond acceptors (Lipinski definition) is 8. The second-order valence-corrected chi connectivity index (χ2v) is 6.57. The fourth-order valence-electron chi connectivity index (χ4n) is 2.93. The van der Waals surface area contributed by atoms with Crippen LogP contribution in [0.2, 0.25) is 0 Å². The van der Waals surface area contributed by atoms with Gasteiger partial charge in [0.1, 0.15) is 11.3 Å². The maximum atomic E-state index is 12.3. The Balaban J connectivity index is 1.56. The molecular formula is C22H22N2O8. The van der Waals surface area contributed by atoms with Crippen molar-refractivity contribution in [1.82, 2.24) is 10.9 Å². The third kappa shape index (κ3) is 4.75. The predicted molar refractivity (Wildman–Crippen MR) is 113 cm³/mol. The molecule has 0 aliphatic carbocycles. The molecule has 3 aromatic rings. The summed E-state index contributed by atoms with van der Waals surface area (Å²) in [5.41, 5.74) is 5.69. The Hall–Kier alpha value is -4.21. The molecule has 0 saturated carbocycles. The number of carbonyl (C=O) groups excluding carboxylic acids is 3. The van der Waals surface area contributed by atoms with Gasteiger partial charge < -0.3 is 23.4 Å². The number of ether oxygens (including phenoxy) is 4. The van der Waals surface area contributed by atoms with E-state index in [0.29, 0.717) is 33.8 Å². The summed E-state index contributed by atoms with van der Waals surface area (Å²) in [6, 6.07) is 9.63. The van der Waals surface area contributed by atoms with Crippen molar-refractivity contribution < 1.29 is 37.7 Å². The first-order valence-corrected chi connectivity index (χ1v) is 9.43. The van der Waals surface area contributed by atoms with Gasteiger partial charge in [-0.25, -0.2) is 4.79 Å². The largest absolute Gasteiger partial charge is 0.497 e. The van der Waals surface area contributed by atoms with Gasteiger partial charge in [-0.15, -0.1) is 0 Å². The molecule has 0 spiro atoms. The molecule has 2 aromatic carbocycles. The molecule has 0 saturated heterocycles. The van der Waals surface area contributed by atoms with Crippen LogP contribution in [-0.4, -0.2) is 45.7 Å². The number of benzene rings is 2. The van der Waals surface area contributed by atoms with Crippen LogP contribution in [0, 0.1) is 6.92 Å². The van der Waals surface area contributed by atoms with E-state index in [4.69, 9.17) is 23.4 Å². The molecule has 0 aliphatic heterocycles. The summed E-state index contributed by atoms with van der Waals surface area (Å²) >= 11 is 0. The van der Waals surface area contributed by atoms with Gasteiger partial charge in [0.25, 0.3) is 11.8 Å². The minimum atomic E-state index is -0.806. The SMILES string of the molecule is COc1ccc2oc(C(=O)OCC(=O)NNC(=O)c3ccc(OC)c(OC)c3)c(C)c2c1.